The largest absolute Gasteiger partial charge is 0.385 e. The maximum atomic E-state index is 8.67. The first-order valence-electron chi connectivity index (χ1n) is 6.05. The van der Waals surface area contributed by atoms with E-state index in [9.17, 15) is 0 Å². The van der Waals surface area contributed by atoms with Crippen LogP contribution in [0, 0.1) is 11.3 Å². The average molecular weight is 232 g/mol. The predicted molar refractivity (Wildman–Crippen MR) is 68.6 cm³/mol. The van der Waals surface area contributed by atoms with E-state index in [0.29, 0.717) is 5.56 Å². The molecule has 0 saturated heterocycles. The fourth-order valence-electron chi connectivity index (χ4n) is 1.60. The molecule has 1 aromatic rings. The molecule has 0 aliphatic rings. The van der Waals surface area contributed by atoms with Crippen molar-refractivity contribution in [3.8, 4) is 6.07 Å². The van der Waals surface area contributed by atoms with Crippen molar-refractivity contribution in [1.29, 1.82) is 5.26 Å². The molecule has 17 heavy (non-hydrogen) atoms. The number of methoxy groups -OCH3 is 1. The van der Waals surface area contributed by atoms with E-state index in [2.05, 4.69) is 11.4 Å². The first kappa shape index (κ1) is 13.7. The van der Waals surface area contributed by atoms with Gasteiger partial charge in [-0.2, -0.15) is 5.26 Å². The number of benzene rings is 1. The number of ether oxygens (including phenoxy) is 1. The Morgan fingerprint density at radius 2 is 1.94 bits per heavy atom. The van der Waals surface area contributed by atoms with Crippen LogP contribution in [0.1, 0.15) is 30.4 Å². The molecule has 1 aromatic carbocycles. The quantitative estimate of drug-likeness (QED) is 0.700. The Bertz CT molecular complexity index is 340. The molecule has 3 heteroatoms. The second kappa shape index (κ2) is 8.74. The summed E-state index contributed by atoms with van der Waals surface area (Å²) in [5, 5.41) is 12.1. The van der Waals surface area contributed by atoms with Crippen LogP contribution in [0.25, 0.3) is 0 Å². The number of hydrogen-bond donors (Lipinski definition) is 1. The van der Waals surface area contributed by atoms with Gasteiger partial charge in [-0.05, 0) is 43.5 Å². The van der Waals surface area contributed by atoms with Crippen molar-refractivity contribution in [3.05, 3.63) is 35.4 Å². The van der Waals surface area contributed by atoms with Crippen molar-refractivity contribution < 1.29 is 4.74 Å². The molecule has 0 aliphatic heterocycles. The summed E-state index contributed by atoms with van der Waals surface area (Å²) >= 11 is 0. The molecule has 0 saturated carbocycles. The highest BCUT2D eigenvalue weighted by Crippen LogP contribution is 2.03. The highest BCUT2D eigenvalue weighted by molar-refractivity contribution is 5.31. The van der Waals surface area contributed by atoms with E-state index < -0.39 is 0 Å². The van der Waals surface area contributed by atoms with Crippen LogP contribution in [0.4, 0.5) is 0 Å². The van der Waals surface area contributed by atoms with Crippen molar-refractivity contribution in [2.45, 2.75) is 25.8 Å². The van der Waals surface area contributed by atoms with Crippen LogP contribution < -0.4 is 5.32 Å². The Hall–Kier alpha value is -1.37. The molecule has 0 heterocycles. The maximum absolute atomic E-state index is 8.67. The fourth-order valence-corrected chi connectivity index (χ4v) is 1.60. The van der Waals surface area contributed by atoms with Gasteiger partial charge in [0.2, 0.25) is 0 Å². The standard InChI is InChI=1S/C14H20N2O/c1-17-10-4-2-3-9-16-12-14-7-5-13(11-15)6-8-14/h5-8,16H,2-4,9-10,12H2,1H3. The summed E-state index contributed by atoms with van der Waals surface area (Å²) < 4.78 is 4.99. The summed E-state index contributed by atoms with van der Waals surface area (Å²) in [4.78, 5) is 0. The second-order valence-corrected chi connectivity index (χ2v) is 4.04. The van der Waals surface area contributed by atoms with Crippen LogP contribution in [-0.2, 0) is 11.3 Å². The summed E-state index contributed by atoms with van der Waals surface area (Å²) in [7, 11) is 1.74. The predicted octanol–water partition coefficient (Wildman–Crippen LogP) is 2.46. The van der Waals surface area contributed by atoms with Gasteiger partial charge < -0.3 is 10.1 Å². The van der Waals surface area contributed by atoms with Crippen molar-refractivity contribution in [1.82, 2.24) is 5.32 Å². The molecular weight excluding hydrogens is 212 g/mol. The Labute approximate surface area is 103 Å². The van der Waals surface area contributed by atoms with Crippen molar-refractivity contribution in [3.63, 3.8) is 0 Å². The normalized spacial score (nSPS) is 10.1. The number of hydrogen-bond acceptors (Lipinski definition) is 3. The van der Waals surface area contributed by atoms with Crippen molar-refractivity contribution in [2.24, 2.45) is 0 Å². The van der Waals surface area contributed by atoms with Gasteiger partial charge in [0.05, 0.1) is 11.6 Å². The maximum Gasteiger partial charge on any atom is 0.0991 e. The van der Waals surface area contributed by atoms with Gasteiger partial charge in [-0.15, -0.1) is 0 Å². The van der Waals surface area contributed by atoms with E-state index in [-0.39, 0.29) is 0 Å². The van der Waals surface area contributed by atoms with Crippen LogP contribution in [0.3, 0.4) is 0 Å². The Morgan fingerprint density at radius 1 is 1.18 bits per heavy atom. The monoisotopic (exact) mass is 232 g/mol. The number of nitriles is 1. The van der Waals surface area contributed by atoms with Gasteiger partial charge >= 0.3 is 0 Å². The third-order valence-corrected chi connectivity index (χ3v) is 2.61. The lowest BCUT2D eigenvalue weighted by Crippen LogP contribution is -2.14. The molecule has 1 N–H and O–H groups in total. The lowest BCUT2D eigenvalue weighted by atomic mass is 10.1. The first-order valence-corrected chi connectivity index (χ1v) is 6.05. The molecule has 0 fully saturated rings. The van der Waals surface area contributed by atoms with Gasteiger partial charge in [-0.25, -0.2) is 0 Å². The zero-order valence-corrected chi connectivity index (χ0v) is 10.4. The SMILES string of the molecule is COCCCCCNCc1ccc(C#N)cc1. The topological polar surface area (TPSA) is 45.0 Å². The molecular formula is C14H20N2O. The van der Waals surface area contributed by atoms with E-state index in [1.807, 2.05) is 24.3 Å². The van der Waals surface area contributed by atoms with Crippen LogP contribution in [-0.4, -0.2) is 20.3 Å². The van der Waals surface area contributed by atoms with E-state index in [0.717, 1.165) is 26.1 Å². The molecule has 0 radical (unpaired) electrons. The van der Waals surface area contributed by atoms with E-state index >= 15 is 0 Å². The molecule has 92 valence electrons. The summed E-state index contributed by atoms with van der Waals surface area (Å²) in [6, 6.07) is 9.82. The van der Waals surface area contributed by atoms with Gasteiger partial charge in [-0.3, -0.25) is 0 Å². The molecule has 0 aliphatic carbocycles. The number of nitrogens with one attached hydrogen (secondary N) is 1. The lowest BCUT2D eigenvalue weighted by molar-refractivity contribution is 0.192. The fraction of sp³-hybridized carbons (Fsp3) is 0.500. The Morgan fingerprint density at radius 3 is 2.59 bits per heavy atom. The smallest absolute Gasteiger partial charge is 0.0991 e. The van der Waals surface area contributed by atoms with E-state index in [1.165, 1.54) is 18.4 Å². The molecule has 1 rings (SSSR count). The summed E-state index contributed by atoms with van der Waals surface area (Å²) in [6.07, 6.45) is 3.52. The molecule has 0 spiro atoms. The number of nitrogens with zero attached hydrogens (tertiary/aromatic N) is 1. The third kappa shape index (κ3) is 6.06. The summed E-state index contributed by atoms with van der Waals surface area (Å²) in [6.45, 7) is 2.76. The van der Waals surface area contributed by atoms with E-state index in [1.54, 1.807) is 7.11 Å². The van der Waals surface area contributed by atoms with Crippen LogP contribution in [0.5, 0.6) is 0 Å². The lowest BCUT2D eigenvalue weighted by Gasteiger charge is -2.05. The van der Waals surface area contributed by atoms with E-state index in [4.69, 9.17) is 10.00 Å². The minimum absolute atomic E-state index is 0.716. The molecule has 3 nitrogen and oxygen atoms in total. The van der Waals surface area contributed by atoms with Crippen molar-refractivity contribution in [2.75, 3.05) is 20.3 Å². The van der Waals surface area contributed by atoms with Crippen LogP contribution in [0.15, 0.2) is 24.3 Å². The number of rotatable bonds is 8. The first-order chi connectivity index (χ1) is 8.36. The van der Waals surface area contributed by atoms with Crippen LogP contribution >= 0.6 is 0 Å². The Balaban J connectivity index is 2.08. The highest BCUT2D eigenvalue weighted by atomic mass is 16.5. The minimum Gasteiger partial charge on any atom is -0.385 e. The second-order valence-electron chi connectivity index (χ2n) is 4.04. The van der Waals surface area contributed by atoms with Gasteiger partial charge in [0, 0.05) is 20.3 Å². The third-order valence-electron chi connectivity index (χ3n) is 2.61. The summed E-state index contributed by atoms with van der Waals surface area (Å²) in [5.41, 5.74) is 1.94. The average Bonchev–Trinajstić information content (AvgIpc) is 2.38. The number of unbranched alkanes of at least 4 members (excludes halogenated alkanes) is 2. The van der Waals surface area contributed by atoms with Crippen LogP contribution in [0.2, 0.25) is 0 Å². The zero-order chi connectivity index (χ0) is 12.3. The van der Waals surface area contributed by atoms with Gasteiger partial charge in [0.1, 0.15) is 0 Å². The summed E-state index contributed by atoms with van der Waals surface area (Å²) in [5.74, 6) is 0. The molecule has 0 bridgehead atoms. The van der Waals surface area contributed by atoms with Gasteiger partial charge in [-0.1, -0.05) is 12.1 Å². The van der Waals surface area contributed by atoms with Gasteiger partial charge in [0.25, 0.3) is 0 Å². The van der Waals surface area contributed by atoms with Crippen molar-refractivity contribution >= 4 is 0 Å². The molecule has 0 atom stereocenters. The van der Waals surface area contributed by atoms with Gasteiger partial charge in [0.15, 0.2) is 0 Å². The zero-order valence-electron chi connectivity index (χ0n) is 10.4. The highest BCUT2D eigenvalue weighted by Gasteiger charge is 1.94. The molecule has 0 aromatic heterocycles. The molecule has 0 unspecified atom stereocenters. The minimum atomic E-state index is 0.716. The molecule has 0 amide bonds. The Kier molecular flexibility index (Phi) is 7.04.